The highest BCUT2D eigenvalue weighted by molar-refractivity contribution is 5.94. The lowest BCUT2D eigenvalue weighted by Crippen LogP contribution is -2.30. The molecule has 0 saturated heterocycles. The van der Waals surface area contributed by atoms with E-state index in [-0.39, 0.29) is 83.3 Å². The van der Waals surface area contributed by atoms with Gasteiger partial charge in [0.15, 0.2) is 0 Å². The van der Waals surface area contributed by atoms with E-state index in [0.29, 0.717) is 57.8 Å². The van der Waals surface area contributed by atoms with Crippen molar-refractivity contribution in [2.24, 2.45) is 47.3 Å². The van der Waals surface area contributed by atoms with Gasteiger partial charge in [-0.15, -0.1) is 0 Å². The van der Waals surface area contributed by atoms with Crippen molar-refractivity contribution in [2.75, 3.05) is 128 Å². The van der Waals surface area contributed by atoms with Crippen molar-refractivity contribution in [3.63, 3.8) is 0 Å². The van der Waals surface area contributed by atoms with Gasteiger partial charge in [-0.1, -0.05) is 62.4 Å². The minimum atomic E-state index is -0.582. The van der Waals surface area contributed by atoms with Crippen LogP contribution in [0.4, 0.5) is 0 Å². The van der Waals surface area contributed by atoms with Crippen LogP contribution in [0.3, 0.4) is 0 Å². The van der Waals surface area contributed by atoms with Gasteiger partial charge in [0.05, 0.1) is 181 Å². The first-order valence-electron chi connectivity index (χ1n) is 47.1. The molecule has 30 nitrogen and oxygen atoms in total. The Balaban J connectivity index is 0.000000329. The minimum Gasteiger partial charge on any atom is -0.497 e. The number of ether oxygens (including phenoxy) is 18. The number of hydrogen-bond donors (Lipinski definition) is 0. The van der Waals surface area contributed by atoms with E-state index < -0.39 is 23.9 Å². The molecule has 30 heteroatoms. The lowest BCUT2D eigenvalue weighted by Gasteiger charge is -2.37. The van der Waals surface area contributed by atoms with Crippen molar-refractivity contribution in [1.29, 1.82) is 0 Å². The molecule has 0 amide bonds. The van der Waals surface area contributed by atoms with Crippen molar-refractivity contribution < 1.29 is 143 Å². The van der Waals surface area contributed by atoms with Crippen molar-refractivity contribution in [3.8, 4) is 11.5 Å². The predicted octanol–water partition coefficient (Wildman–Crippen LogP) is 18.4. The molecule has 0 radical (unpaired) electrons. The highest BCUT2D eigenvalue weighted by Crippen LogP contribution is 2.43. The molecule has 6 aromatic carbocycles. The van der Waals surface area contributed by atoms with Gasteiger partial charge in [0.1, 0.15) is 17.9 Å². The van der Waals surface area contributed by atoms with Gasteiger partial charge in [-0.25, -0.2) is 28.8 Å². The molecule has 6 aliphatic carbocycles. The summed E-state index contributed by atoms with van der Waals surface area (Å²) in [6.07, 6.45) is 30.1. The van der Waals surface area contributed by atoms with Crippen LogP contribution in [0.2, 0.25) is 0 Å². The summed E-state index contributed by atoms with van der Waals surface area (Å²) >= 11 is 0. The Kier molecular flexibility index (Phi) is 56.8. The molecule has 6 aromatic rings. The molecular weight excluding hydrogens is 1780 g/mol. The third kappa shape index (κ3) is 41.6. The number of carbonyl (C=O) groups is 12. The first kappa shape index (κ1) is 119. The molecule has 6 saturated carbocycles. The topological polar surface area (TPSA) is 371 Å². The molecule has 0 bridgehead atoms. The van der Waals surface area contributed by atoms with E-state index in [1.165, 1.54) is 161 Å². The zero-order chi connectivity index (χ0) is 102. The fraction of sp³-hybridized carbons (Fsp3) is 0.556. The fourth-order valence-electron chi connectivity index (χ4n) is 17.5. The first-order valence-corrected chi connectivity index (χ1v) is 47.1. The van der Waals surface area contributed by atoms with Gasteiger partial charge in [0.2, 0.25) is 0 Å². The van der Waals surface area contributed by atoms with E-state index in [4.69, 9.17) is 47.4 Å². The Morgan fingerprint density at radius 3 is 0.587 bits per heavy atom. The molecule has 0 atom stereocenters. The van der Waals surface area contributed by atoms with Crippen molar-refractivity contribution in [3.05, 3.63) is 201 Å². The maximum atomic E-state index is 11.5. The quantitative estimate of drug-likeness (QED) is 0.0292. The summed E-state index contributed by atoms with van der Waals surface area (Å²) in [6, 6.07) is 42.9. The average Bonchev–Trinajstić information content (AvgIpc) is 0.796. The minimum absolute atomic E-state index is 0.0269. The third-order valence-corrected chi connectivity index (χ3v) is 26.4. The zero-order valence-corrected chi connectivity index (χ0v) is 84.6. The summed E-state index contributed by atoms with van der Waals surface area (Å²) in [7, 11) is 26.8. The van der Waals surface area contributed by atoms with Crippen LogP contribution in [0, 0.1) is 47.3 Å². The van der Waals surface area contributed by atoms with Gasteiger partial charge in [-0.3, -0.25) is 28.8 Å². The van der Waals surface area contributed by atoms with Gasteiger partial charge in [-0.05, 0) is 310 Å². The number of esters is 12. The maximum Gasteiger partial charge on any atom is 0.337 e. The number of carbonyl (C=O) groups excluding carboxylic acids is 12. The van der Waals surface area contributed by atoms with Crippen LogP contribution in [0.15, 0.2) is 146 Å². The van der Waals surface area contributed by atoms with E-state index in [1.807, 2.05) is 87.0 Å². The van der Waals surface area contributed by atoms with Crippen molar-refractivity contribution in [1.82, 2.24) is 0 Å². The predicted molar refractivity (Wildman–Crippen MR) is 518 cm³/mol. The molecule has 6 fully saturated rings. The Hall–Kier alpha value is -11.6. The number of benzene rings is 6. The molecule has 762 valence electrons. The van der Waals surface area contributed by atoms with Gasteiger partial charge < -0.3 is 85.3 Å². The maximum absolute atomic E-state index is 11.5. The second-order valence-corrected chi connectivity index (χ2v) is 34.7. The van der Waals surface area contributed by atoms with Crippen molar-refractivity contribution in [2.45, 2.75) is 217 Å². The van der Waals surface area contributed by atoms with Gasteiger partial charge in [0, 0.05) is 33.9 Å². The SMILES string of the molecule is COC(=O)C1CCC(C(=O)OC)CC1.COC(=O)C1CCC(C2CCC(C(=O)OC)CC2)CC1.COC(=O)CC(=O)OC.COC(=O)c1ccc(C(=O)OC)cc1.COC(=O)c1ccc(C(C)(C)c2ccc(C(=O)OC)cc2)cc1.COC(=O)c1ccc(CCc2ccc(C(=O)OC)cc2)cc1.COC1CCC(C2CCC(OC)CC2)CC1.COC1CCC(OC)CC1.COc1ccc(OC)cc1. The van der Waals surface area contributed by atoms with Crippen LogP contribution in [-0.2, 0) is 123 Å². The fourth-order valence-corrected chi connectivity index (χ4v) is 17.5. The highest BCUT2D eigenvalue weighted by atomic mass is 16.6. The Morgan fingerprint density at radius 2 is 0.406 bits per heavy atom. The lowest BCUT2D eigenvalue weighted by atomic mass is 9.69. The van der Waals surface area contributed by atoms with Crippen LogP contribution in [0.5, 0.6) is 11.5 Å². The second-order valence-electron chi connectivity index (χ2n) is 34.7. The van der Waals surface area contributed by atoms with Crippen LogP contribution in [0.25, 0.3) is 0 Å². The molecule has 0 N–H and O–H groups in total. The van der Waals surface area contributed by atoms with Crippen LogP contribution < -0.4 is 9.47 Å². The van der Waals surface area contributed by atoms with Crippen LogP contribution >= 0.6 is 0 Å². The molecule has 0 heterocycles. The Morgan fingerprint density at radius 1 is 0.225 bits per heavy atom. The highest BCUT2D eigenvalue weighted by Gasteiger charge is 2.37. The summed E-state index contributed by atoms with van der Waals surface area (Å²) in [6.45, 7) is 4.18. The zero-order valence-electron chi connectivity index (χ0n) is 84.6. The lowest BCUT2D eigenvalue weighted by molar-refractivity contribution is -0.151. The third-order valence-electron chi connectivity index (χ3n) is 26.4. The second kappa shape index (κ2) is 66.1. The monoisotopic (exact) mass is 1930 g/mol. The Labute approximate surface area is 815 Å². The summed E-state index contributed by atoms with van der Waals surface area (Å²) in [5, 5.41) is 0. The van der Waals surface area contributed by atoms with E-state index in [1.54, 1.807) is 77.0 Å². The normalized spacial score (nSPS) is 20.5. The summed E-state index contributed by atoms with van der Waals surface area (Å²) < 4.78 is 86.4. The number of methoxy groups -OCH3 is 18. The molecular formula is C108H150O30. The molecule has 138 heavy (non-hydrogen) atoms. The van der Waals surface area contributed by atoms with E-state index >= 15 is 0 Å². The first-order chi connectivity index (χ1) is 66.3. The molecule has 12 rings (SSSR count). The summed E-state index contributed by atoms with van der Waals surface area (Å²) in [4.78, 5) is 134. The molecule has 6 aliphatic rings. The van der Waals surface area contributed by atoms with E-state index in [0.717, 1.165) is 173 Å². The smallest absolute Gasteiger partial charge is 0.337 e. The average molecular weight is 1930 g/mol. The molecule has 0 spiro atoms. The number of rotatable bonds is 25. The summed E-state index contributed by atoms with van der Waals surface area (Å²) in [5.74, 6) is 1.50. The summed E-state index contributed by atoms with van der Waals surface area (Å²) in [5.41, 5.74) is 7.11. The number of aryl methyl sites for hydroxylation is 2. The van der Waals surface area contributed by atoms with E-state index in [9.17, 15) is 57.5 Å². The van der Waals surface area contributed by atoms with Crippen molar-refractivity contribution >= 4 is 71.6 Å². The van der Waals surface area contributed by atoms with E-state index in [2.05, 4.69) is 51.7 Å². The molecule has 0 unspecified atom stereocenters. The van der Waals surface area contributed by atoms with Crippen LogP contribution in [0.1, 0.15) is 259 Å². The Bertz CT molecular complexity index is 4250. The van der Waals surface area contributed by atoms with Gasteiger partial charge in [0.25, 0.3) is 0 Å². The van der Waals surface area contributed by atoms with Gasteiger partial charge in [-0.2, -0.15) is 0 Å². The molecule has 0 aliphatic heterocycles. The largest absolute Gasteiger partial charge is 0.497 e. The molecule has 0 aromatic heterocycles. The van der Waals surface area contributed by atoms with Crippen LogP contribution in [-0.4, -0.2) is 224 Å². The van der Waals surface area contributed by atoms with Gasteiger partial charge >= 0.3 is 71.6 Å². The number of hydrogen-bond acceptors (Lipinski definition) is 30. The standard InChI is InChI=1S/C19H20O4.C18H18O4.C16H26O4.C14H26O2.C10H16O4.C10H10O4.C8H16O2.C8H10O2.C5H8O4/c1-19(2,15-9-5-13(6-10-15)17(20)22-3)16-11-7-14(8-12-16)18(21)23-4;1-21-17(19)15-9-5-13(6-10-15)3-4-14-7-11-16(12-8-14)18(20)22-2;1-19-15(17)13-7-3-11(4-8-13)12-5-9-14(10-6-12)16(18)20-2;1-15-13-7-3-11(4-8-13)12-5-9-14(16-2)10-6-12;2*1-13-9(11)7-3-5-8(6-4-7)10(12)14-2;2*1-9-7-3-5-8(10-2)6-4-7;1-8-4(6)3-5(7)9-2/h5-12H,1-4H3;5-12H,3-4H2,1-2H3;11-14H,3-10H2,1-2H3;11-14H,3-10H2,1-2H3;7-8H,3-6H2,1-2H3;3-6H,1-2H3;7-8H,3-6H2,1-2H3;3-6H,1-2H3;3H2,1-2H3.